The van der Waals surface area contributed by atoms with Gasteiger partial charge < -0.3 is 5.32 Å². The van der Waals surface area contributed by atoms with Gasteiger partial charge in [-0.3, -0.25) is 4.79 Å². The van der Waals surface area contributed by atoms with Crippen LogP contribution >= 0.6 is 22.9 Å². The number of aromatic nitrogens is 1. The summed E-state index contributed by atoms with van der Waals surface area (Å²) < 4.78 is 0. The third-order valence-electron chi connectivity index (χ3n) is 1.46. The first-order chi connectivity index (χ1) is 6.13. The largest absolute Gasteiger partial charge is 0.301 e. The zero-order valence-electron chi connectivity index (χ0n) is 7.50. The van der Waals surface area contributed by atoms with Crippen molar-refractivity contribution in [1.29, 1.82) is 0 Å². The van der Waals surface area contributed by atoms with Crippen LogP contribution in [0.25, 0.3) is 0 Å². The fraction of sp³-hybridized carbons (Fsp3) is 0.500. The molecule has 0 saturated carbocycles. The molecule has 0 aromatic carbocycles. The van der Waals surface area contributed by atoms with Crippen molar-refractivity contribution in [1.82, 2.24) is 4.98 Å². The standard InChI is InChI=1S/C8H11ClN2OS/c1-5(2)6-4-10-8(13-6)11-7(12)3-9/h4-5H,3H2,1-2H3,(H,10,11,12). The highest BCUT2D eigenvalue weighted by atomic mass is 35.5. The Morgan fingerprint density at radius 2 is 2.46 bits per heavy atom. The maximum absolute atomic E-state index is 10.9. The van der Waals surface area contributed by atoms with Crippen molar-refractivity contribution in [2.24, 2.45) is 0 Å². The average Bonchev–Trinajstić information content (AvgIpc) is 2.52. The lowest BCUT2D eigenvalue weighted by molar-refractivity contribution is -0.113. The van der Waals surface area contributed by atoms with Crippen LogP contribution in [0.15, 0.2) is 6.20 Å². The molecular weight excluding hydrogens is 208 g/mol. The Hall–Kier alpha value is -0.610. The summed E-state index contributed by atoms with van der Waals surface area (Å²) >= 11 is 6.82. The summed E-state index contributed by atoms with van der Waals surface area (Å²) in [6, 6.07) is 0. The topological polar surface area (TPSA) is 42.0 Å². The zero-order chi connectivity index (χ0) is 9.84. The normalized spacial score (nSPS) is 10.5. The van der Waals surface area contributed by atoms with Crippen molar-refractivity contribution in [3.05, 3.63) is 11.1 Å². The van der Waals surface area contributed by atoms with Crippen molar-refractivity contribution in [3.8, 4) is 0 Å². The van der Waals surface area contributed by atoms with E-state index in [1.54, 1.807) is 6.20 Å². The van der Waals surface area contributed by atoms with Gasteiger partial charge in [-0.1, -0.05) is 13.8 Å². The van der Waals surface area contributed by atoms with Crippen LogP contribution < -0.4 is 5.32 Å². The second kappa shape index (κ2) is 4.58. The fourth-order valence-electron chi connectivity index (χ4n) is 0.764. The van der Waals surface area contributed by atoms with E-state index in [0.29, 0.717) is 11.0 Å². The van der Waals surface area contributed by atoms with Gasteiger partial charge in [0.2, 0.25) is 5.91 Å². The molecule has 3 nitrogen and oxygen atoms in total. The first-order valence-corrected chi connectivity index (χ1v) is 5.30. The van der Waals surface area contributed by atoms with Gasteiger partial charge in [-0.2, -0.15) is 0 Å². The summed E-state index contributed by atoms with van der Waals surface area (Å²) in [7, 11) is 0. The van der Waals surface area contributed by atoms with Crippen LogP contribution in [0, 0.1) is 0 Å². The molecule has 0 saturated heterocycles. The van der Waals surface area contributed by atoms with E-state index in [0.717, 1.165) is 4.88 Å². The Labute approximate surface area is 86.1 Å². The monoisotopic (exact) mass is 218 g/mol. The number of hydrogen-bond donors (Lipinski definition) is 1. The number of carbonyl (C=O) groups is 1. The van der Waals surface area contributed by atoms with Crippen molar-refractivity contribution >= 4 is 34.0 Å². The molecule has 13 heavy (non-hydrogen) atoms. The molecule has 0 aliphatic heterocycles. The molecular formula is C8H11ClN2OS. The van der Waals surface area contributed by atoms with Crippen LogP contribution in [0.2, 0.25) is 0 Å². The first kappa shape index (κ1) is 10.5. The van der Waals surface area contributed by atoms with Crippen LogP contribution in [0.5, 0.6) is 0 Å². The van der Waals surface area contributed by atoms with Gasteiger partial charge in [-0.05, 0) is 5.92 Å². The Morgan fingerprint density at radius 1 is 1.77 bits per heavy atom. The van der Waals surface area contributed by atoms with E-state index >= 15 is 0 Å². The van der Waals surface area contributed by atoms with E-state index in [9.17, 15) is 4.79 Å². The molecule has 0 aliphatic carbocycles. The van der Waals surface area contributed by atoms with Crippen LogP contribution in [-0.2, 0) is 4.79 Å². The molecule has 1 aromatic rings. The van der Waals surface area contributed by atoms with Crippen LogP contribution in [0.3, 0.4) is 0 Å². The summed E-state index contributed by atoms with van der Waals surface area (Å²) in [6.07, 6.45) is 1.78. The number of hydrogen-bond acceptors (Lipinski definition) is 3. The first-order valence-electron chi connectivity index (χ1n) is 3.95. The second-order valence-corrected chi connectivity index (χ2v) is 4.23. The van der Waals surface area contributed by atoms with Crippen LogP contribution in [-0.4, -0.2) is 16.8 Å². The van der Waals surface area contributed by atoms with E-state index in [2.05, 4.69) is 24.1 Å². The van der Waals surface area contributed by atoms with Crippen LogP contribution in [0.4, 0.5) is 5.13 Å². The molecule has 1 rings (SSSR count). The number of alkyl halides is 1. The lowest BCUT2D eigenvalue weighted by atomic mass is 10.2. The van der Waals surface area contributed by atoms with E-state index in [1.807, 2.05) is 0 Å². The maximum atomic E-state index is 10.9. The average molecular weight is 219 g/mol. The minimum atomic E-state index is -0.216. The smallest absolute Gasteiger partial charge is 0.241 e. The Balaban J connectivity index is 2.64. The minimum absolute atomic E-state index is 0.0312. The molecule has 0 fully saturated rings. The molecule has 5 heteroatoms. The maximum Gasteiger partial charge on any atom is 0.241 e. The van der Waals surface area contributed by atoms with E-state index in [-0.39, 0.29) is 11.8 Å². The van der Waals surface area contributed by atoms with Crippen molar-refractivity contribution in [2.45, 2.75) is 19.8 Å². The minimum Gasteiger partial charge on any atom is -0.301 e. The van der Waals surface area contributed by atoms with E-state index < -0.39 is 0 Å². The highest BCUT2D eigenvalue weighted by molar-refractivity contribution is 7.15. The molecule has 1 amide bonds. The fourth-order valence-corrected chi connectivity index (χ4v) is 1.67. The number of thiazole rings is 1. The van der Waals surface area contributed by atoms with Gasteiger partial charge in [0.15, 0.2) is 5.13 Å². The molecule has 0 radical (unpaired) electrons. The summed E-state index contributed by atoms with van der Waals surface area (Å²) in [4.78, 5) is 16.1. The van der Waals surface area contributed by atoms with Gasteiger partial charge >= 0.3 is 0 Å². The van der Waals surface area contributed by atoms with Crippen molar-refractivity contribution in [3.63, 3.8) is 0 Å². The third kappa shape index (κ3) is 2.97. The second-order valence-electron chi connectivity index (χ2n) is 2.90. The number of anilines is 1. The number of amides is 1. The lowest BCUT2D eigenvalue weighted by Gasteiger charge is -1.97. The summed E-state index contributed by atoms with van der Waals surface area (Å²) in [5, 5.41) is 3.22. The Morgan fingerprint density at radius 3 is 2.92 bits per heavy atom. The van der Waals surface area contributed by atoms with E-state index in [1.165, 1.54) is 11.3 Å². The highest BCUT2D eigenvalue weighted by Gasteiger charge is 2.07. The third-order valence-corrected chi connectivity index (χ3v) is 2.92. The molecule has 0 atom stereocenters. The van der Waals surface area contributed by atoms with Crippen molar-refractivity contribution in [2.75, 3.05) is 11.2 Å². The van der Waals surface area contributed by atoms with Gasteiger partial charge in [-0.15, -0.1) is 22.9 Å². The Kier molecular flexibility index (Phi) is 3.69. The number of nitrogens with zero attached hydrogens (tertiary/aromatic N) is 1. The lowest BCUT2D eigenvalue weighted by Crippen LogP contribution is -2.11. The number of rotatable bonds is 3. The molecule has 0 spiro atoms. The molecule has 0 unspecified atom stereocenters. The Bertz CT molecular complexity index is 298. The summed E-state index contributed by atoms with van der Waals surface area (Å²) in [5.74, 6) is 0.196. The summed E-state index contributed by atoms with van der Waals surface area (Å²) in [6.45, 7) is 4.17. The molecule has 1 N–H and O–H groups in total. The van der Waals surface area contributed by atoms with Gasteiger partial charge in [0.1, 0.15) is 5.88 Å². The van der Waals surface area contributed by atoms with Gasteiger partial charge in [0, 0.05) is 11.1 Å². The van der Waals surface area contributed by atoms with Gasteiger partial charge in [0.05, 0.1) is 0 Å². The van der Waals surface area contributed by atoms with E-state index in [4.69, 9.17) is 11.6 Å². The highest BCUT2D eigenvalue weighted by Crippen LogP contribution is 2.24. The zero-order valence-corrected chi connectivity index (χ0v) is 9.08. The number of halogens is 1. The van der Waals surface area contributed by atoms with Gasteiger partial charge in [-0.25, -0.2) is 4.98 Å². The molecule has 72 valence electrons. The van der Waals surface area contributed by atoms with Crippen LogP contribution in [0.1, 0.15) is 24.6 Å². The predicted octanol–water partition coefficient (Wildman–Crippen LogP) is 2.44. The molecule has 1 heterocycles. The number of carbonyl (C=O) groups excluding carboxylic acids is 1. The summed E-state index contributed by atoms with van der Waals surface area (Å²) in [5.41, 5.74) is 0. The predicted molar refractivity (Wildman–Crippen MR) is 55.6 cm³/mol. The SMILES string of the molecule is CC(C)c1cnc(NC(=O)CCl)s1. The van der Waals surface area contributed by atoms with Gasteiger partial charge in [0.25, 0.3) is 0 Å². The number of nitrogens with one attached hydrogen (secondary N) is 1. The molecule has 0 aliphatic rings. The van der Waals surface area contributed by atoms with Crippen molar-refractivity contribution < 1.29 is 4.79 Å². The quantitative estimate of drug-likeness (QED) is 0.792. The molecule has 0 bridgehead atoms. The molecule has 1 aromatic heterocycles.